The van der Waals surface area contributed by atoms with Gasteiger partial charge in [0.25, 0.3) is 0 Å². The van der Waals surface area contributed by atoms with Gasteiger partial charge >= 0.3 is 0 Å². The van der Waals surface area contributed by atoms with E-state index in [0.29, 0.717) is 6.04 Å². The van der Waals surface area contributed by atoms with Crippen LogP contribution in [0.2, 0.25) is 0 Å². The lowest BCUT2D eigenvalue weighted by Crippen LogP contribution is -2.25. The Labute approximate surface area is 126 Å². The minimum Gasteiger partial charge on any atom is -0.310 e. The quantitative estimate of drug-likeness (QED) is 0.854. The summed E-state index contributed by atoms with van der Waals surface area (Å²) in [6.45, 7) is 9.73. The van der Waals surface area contributed by atoms with Gasteiger partial charge in [-0.2, -0.15) is 0 Å². The molecule has 3 heteroatoms. The fourth-order valence-corrected chi connectivity index (χ4v) is 3.46. The maximum Gasteiger partial charge on any atom is 0.0947 e. The summed E-state index contributed by atoms with van der Waals surface area (Å²) >= 11 is 1.77. The number of hydrogen-bond acceptors (Lipinski definition) is 3. The van der Waals surface area contributed by atoms with Crippen molar-refractivity contribution in [1.29, 1.82) is 0 Å². The van der Waals surface area contributed by atoms with Crippen molar-refractivity contribution in [3.63, 3.8) is 0 Å². The highest BCUT2D eigenvalue weighted by molar-refractivity contribution is 7.09. The van der Waals surface area contributed by atoms with Crippen LogP contribution in [0, 0.1) is 20.8 Å². The molecule has 0 bridgehead atoms. The van der Waals surface area contributed by atoms with Crippen molar-refractivity contribution >= 4 is 11.3 Å². The van der Waals surface area contributed by atoms with Gasteiger partial charge in [-0.1, -0.05) is 25.1 Å². The number of rotatable bonds is 6. The number of nitrogens with one attached hydrogen (secondary N) is 1. The van der Waals surface area contributed by atoms with E-state index in [1.807, 2.05) is 0 Å². The highest BCUT2D eigenvalue weighted by Gasteiger charge is 2.17. The van der Waals surface area contributed by atoms with E-state index in [1.165, 1.54) is 21.7 Å². The first-order valence-electron chi connectivity index (χ1n) is 7.32. The van der Waals surface area contributed by atoms with E-state index in [-0.39, 0.29) is 0 Å². The maximum atomic E-state index is 4.62. The lowest BCUT2D eigenvalue weighted by Gasteiger charge is -2.22. The Bertz CT molecular complexity index is 540. The third kappa shape index (κ3) is 3.68. The molecule has 2 rings (SSSR count). The van der Waals surface area contributed by atoms with Gasteiger partial charge in [-0.15, -0.1) is 11.3 Å². The van der Waals surface area contributed by atoms with Crippen molar-refractivity contribution in [3.05, 3.63) is 51.0 Å². The zero-order valence-corrected chi connectivity index (χ0v) is 13.7. The molecule has 1 heterocycles. The van der Waals surface area contributed by atoms with Crippen LogP contribution >= 0.6 is 11.3 Å². The lowest BCUT2D eigenvalue weighted by molar-refractivity contribution is 0.524. The fourth-order valence-electron chi connectivity index (χ4n) is 2.64. The van der Waals surface area contributed by atoms with Crippen LogP contribution in [0.15, 0.2) is 23.6 Å². The molecular weight excluding hydrogens is 264 g/mol. The summed E-state index contributed by atoms with van der Waals surface area (Å²) in [6.07, 6.45) is 2.13. The average Bonchev–Trinajstić information content (AvgIpc) is 2.81. The van der Waals surface area contributed by atoms with Crippen LogP contribution in [0.3, 0.4) is 0 Å². The molecule has 1 unspecified atom stereocenters. The van der Waals surface area contributed by atoms with Gasteiger partial charge in [0.05, 0.1) is 5.01 Å². The number of aromatic nitrogens is 1. The molecule has 108 valence electrons. The topological polar surface area (TPSA) is 24.9 Å². The minimum absolute atomic E-state index is 0.363. The van der Waals surface area contributed by atoms with Crippen LogP contribution in [0.1, 0.15) is 46.8 Å². The Morgan fingerprint density at radius 2 is 1.90 bits per heavy atom. The van der Waals surface area contributed by atoms with Crippen molar-refractivity contribution in [1.82, 2.24) is 10.3 Å². The predicted molar refractivity (Wildman–Crippen MR) is 87.5 cm³/mol. The third-order valence-electron chi connectivity index (χ3n) is 3.58. The molecule has 0 aliphatic heterocycles. The highest BCUT2D eigenvalue weighted by atomic mass is 32.1. The van der Waals surface area contributed by atoms with Gasteiger partial charge in [0.1, 0.15) is 0 Å². The van der Waals surface area contributed by atoms with E-state index in [4.69, 9.17) is 0 Å². The molecule has 0 spiro atoms. The number of nitrogens with zero attached hydrogens (tertiary/aromatic N) is 1. The first kappa shape index (κ1) is 15.2. The summed E-state index contributed by atoms with van der Waals surface area (Å²) in [6, 6.07) is 6.91. The number of aryl methyl sites for hydroxylation is 3. The molecule has 0 aliphatic carbocycles. The Hall–Kier alpha value is -1.19. The minimum atomic E-state index is 0.363. The van der Waals surface area contributed by atoms with Crippen molar-refractivity contribution < 1.29 is 0 Å². The van der Waals surface area contributed by atoms with E-state index in [1.54, 1.807) is 11.3 Å². The Morgan fingerprint density at radius 1 is 1.20 bits per heavy atom. The van der Waals surface area contributed by atoms with Crippen molar-refractivity contribution in [3.8, 4) is 0 Å². The third-order valence-corrected chi connectivity index (χ3v) is 4.57. The Balaban J connectivity index is 2.27. The van der Waals surface area contributed by atoms with Gasteiger partial charge in [-0.05, 0) is 50.4 Å². The molecule has 1 atom stereocenters. The molecule has 0 amide bonds. The summed E-state index contributed by atoms with van der Waals surface area (Å²) in [5, 5.41) is 7.05. The summed E-state index contributed by atoms with van der Waals surface area (Å²) in [4.78, 5) is 4.62. The highest BCUT2D eigenvalue weighted by Crippen LogP contribution is 2.26. The van der Waals surface area contributed by atoms with E-state index in [2.05, 4.69) is 61.6 Å². The SMILES string of the molecule is CCCNC(Cc1nc(C)cs1)c1c(C)cccc1C. The summed E-state index contributed by atoms with van der Waals surface area (Å²) in [5.41, 5.74) is 5.30. The molecule has 0 aliphatic rings. The second kappa shape index (κ2) is 7.00. The second-order valence-electron chi connectivity index (χ2n) is 5.40. The molecule has 2 nitrogen and oxygen atoms in total. The first-order chi connectivity index (χ1) is 9.61. The molecule has 0 saturated heterocycles. The van der Waals surface area contributed by atoms with Crippen molar-refractivity contribution in [2.24, 2.45) is 0 Å². The Kier molecular flexibility index (Phi) is 5.32. The van der Waals surface area contributed by atoms with Crippen molar-refractivity contribution in [2.45, 2.75) is 46.6 Å². The van der Waals surface area contributed by atoms with Crippen LogP contribution in [-0.4, -0.2) is 11.5 Å². The van der Waals surface area contributed by atoms with E-state index in [0.717, 1.165) is 25.1 Å². The summed E-state index contributed by atoms with van der Waals surface area (Å²) in [7, 11) is 0. The molecular formula is C17H24N2S. The smallest absolute Gasteiger partial charge is 0.0947 e. The molecule has 1 N–H and O–H groups in total. The molecule has 20 heavy (non-hydrogen) atoms. The molecule has 2 aromatic rings. The van der Waals surface area contributed by atoms with Crippen LogP contribution in [-0.2, 0) is 6.42 Å². The van der Waals surface area contributed by atoms with E-state index < -0.39 is 0 Å². The van der Waals surface area contributed by atoms with Crippen molar-refractivity contribution in [2.75, 3.05) is 6.54 Å². The lowest BCUT2D eigenvalue weighted by atomic mass is 9.94. The molecule has 0 saturated carbocycles. The van der Waals surface area contributed by atoms with Crippen LogP contribution in [0.5, 0.6) is 0 Å². The zero-order valence-electron chi connectivity index (χ0n) is 12.9. The monoisotopic (exact) mass is 288 g/mol. The van der Waals surface area contributed by atoms with Gasteiger partial charge in [-0.3, -0.25) is 0 Å². The number of thiazole rings is 1. The fraction of sp³-hybridized carbons (Fsp3) is 0.471. The number of hydrogen-bond donors (Lipinski definition) is 1. The average molecular weight is 288 g/mol. The first-order valence-corrected chi connectivity index (χ1v) is 8.20. The Morgan fingerprint density at radius 3 is 2.45 bits per heavy atom. The van der Waals surface area contributed by atoms with Crippen LogP contribution < -0.4 is 5.32 Å². The standard InChI is InChI=1S/C17H24N2S/c1-5-9-18-15(10-16-19-14(4)11-20-16)17-12(2)7-6-8-13(17)3/h6-8,11,15,18H,5,9-10H2,1-4H3. The molecule has 0 radical (unpaired) electrons. The number of benzene rings is 1. The molecule has 1 aromatic carbocycles. The summed E-state index contributed by atoms with van der Waals surface area (Å²) in [5.74, 6) is 0. The van der Waals surface area contributed by atoms with Gasteiger partial charge in [0.2, 0.25) is 0 Å². The largest absolute Gasteiger partial charge is 0.310 e. The zero-order chi connectivity index (χ0) is 14.5. The van der Waals surface area contributed by atoms with E-state index >= 15 is 0 Å². The van der Waals surface area contributed by atoms with Gasteiger partial charge in [-0.25, -0.2) is 4.98 Å². The van der Waals surface area contributed by atoms with Gasteiger partial charge < -0.3 is 5.32 Å². The second-order valence-corrected chi connectivity index (χ2v) is 6.34. The van der Waals surface area contributed by atoms with Crippen LogP contribution in [0.25, 0.3) is 0 Å². The van der Waals surface area contributed by atoms with E-state index in [9.17, 15) is 0 Å². The van der Waals surface area contributed by atoms with Gasteiger partial charge in [0, 0.05) is 23.5 Å². The van der Waals surface area contributed by atoms with Gasteiger partial charge in [0.15, 0.2) is 0 Å². The normalized spacial score (nSPS) is 12.6. The summed E-state index contributed by atoms with van der Waals surface area (Å²) < 4.78 is 0. The molecule has 1 aromatic heterocycles. The molecule has 0 fully saturated rings. The van der Waals surface area contributed by atoms with Crippen LogP contribution in [0.4, 0.5) is 0 Å². The maximum absolute atomic E-state index is 4.62. The predicted octanol–water partition coefficient (Wildman–Crippen LogP) is 4.35.